The number of aliphatic hydroxyl groups is 1. The fourth-order valence-electron chi connectivity index (χ4n) is 5.01. The third-order valence-electron chi connectivity index (χ3n) is 6.48. The van der Waals surface area contributed by atoms with Crippen molar-refractivity contribution in [3.8, 4) is 0 Å². The van der Waals surface area contributed by atoms with Crippen LogP contribution in [0.25, 0.3) is 0 Å². The average Bonchev–Trinajstić information content (AvgIpc) is 3.10. The normalized spacial score (nSPS) is 50.6. The van der Waals surface area contributed by atoms with Gasteiger partial charge in [-0.05, 0) is 55.4 Å². The summed E-state index contributed by atoms with van der Waals surface area (Å²) in [6.45, 7) is 6.44. The van der Waals surface area contributed by atoms with Crippen LogP contribution in [0.5, 0.6) is 0 Å². The van der Waals surface area contributed by atoms with E-state index in [9.17, 15) is 9.90 Å². The van der Waals surface area contributed by atoms with Gasteiger partial charge in [0.2, 0.25) is 0 Å². The lowest BCUT2D eigenvalue weighted by Crippen LogP contribution is -2.47. The number of aliphatic hydroxyl groups excluding tert-OH is 1. The molecule has 1 aliphatic heterocycles. The lowest BCUT2D eigenvalue weighted by Gasteiger charge is -2.51. The molecule has 3 unspecified atom stereocenters. The van der Waals surface area contributed by atoms with Crippen molar-refractivity contribution in [1.29, 1.82) is 0 Å². The third kappa shape index (κ3) is 1.40. The number of carbonyl (C=O) groups excluding carboxylic acids is 1. The minimum Gasteiger partial charge on any atom is -0.462 e. The van der Waals surface area contributed by atoms with Crippen LogP contribution in [-0.2, 0) is 9.53 Å². The predicted molar refractivity (Wildman–Crippen MR) is 70.2 cm³/mol. The molecule has 1 saturated heterocycles. The highest BCUT2D eigenvalue weighted by Crippen LogP contribution is 2.66. The highest BCUT2D eigenvalue weighted by atomic mass is 16.6. The molecule has 4 fully saturated rings. The summed E-state index contributed by atoms with van der Waals surface area (Å²) < 4.78 is 5.69. The highest BCUT2D eigenvalue weighted by molar-refractivity contribution is 5.82. The average molecular weight is 262 g/mol. The fraction of sp³-hybridized carbons (Fsp3) is 0.812. The zero-order valence-electron chi connectivity index (χ0n) is 11.5. The molecule has 0 aromatic rings. The van der Waals surface area contributed by atoms with Gasteiger partial charge in [0.05, 0.1) is 11.5 Å². The molecule has 0 aromatic heterocycles. The number of rotatable bonds is 0. The maximum Gasteiger partial charge on any atom is 0.312 e. The van der Waals surface area contributed by atoms with E-state index in [2.05, 4.69) is 13.5 Å². The molecule has 3 saturated carbocycles. The van der Waals surface area contributed by atoms with Gasteiger partial charge in [-0.2, -0.15) is 0 Å². The number of hydrogen-bond acceptors (Lipinski definition) is 3. The molecule has 19 heavy (non-hydrogen) atoms. The Hall–Kier alpha value is -0.830. The molecule has 0 aromatic carbocycles. The van der Waals surface area contributed by atoms with E-state index in [0.29, 0.717) is 11.8 Å². The van der Waals surface area contributed by atoms with Crippen molar-refractivity contribution in [2.24, 2.45) is 22.7 Å². The summed E-state index contributed by atoms with van der Waals surface area (Å²) in [5, 5.41) is 10.1. The molecule has 0 bridgehead atoms. The van der Waals surface area contributed by atoms with E-state index >= 15 is 0 Å². The van der Waals surface area contributed by atoms with Gasteiger partial charge in [-0.25, -0.2) is 0 Å². The van der Waals surface area contributed by atoms with Gasteiger partial charge in [-0.1, -0.05) is 13.5 Å². The van der Waals surface area contributed by atoms with Crippen LogP contribution in [0.4, 0.5) is 0 Å². The fourth-order valence-corrected chi connectivity index (χ4v) is 5.01. The van der Waals surface area contributed by atoms with Crippen LogP contribution in [0.1, 0.15) is 45.4 Å². The van der Waals surface area contributed by atoms with Crippen molar-refractivity contribution in [1.82, 2.24) is 0 Å². The Morgan fingerprint density at radius 2 is 2.11 bits per heavy atom. The quantitative estimate of drug-likeness (QED) is 0.539. The summed E-state index contributed by atoms with van der Waals surface area (Å²) in [5.41, 5.74) is 1.02. The van der Waals surface area contributed by atoms with Crippen LogP contribution in [0.3, 0.4) is 0 Å². The Bertz CT molecular complexity index is 465. The molecule has 5 atom stereocenters. The number of carbonyl (C=O) groups is 1. The lowest BCUT2D eigenvalue weighted by molar-refractivity contribution is -0.147. The summed E-state index contributed by atoms with van der Waals surface area (Å²) in [6.07, 6.45) is 5.57. The second-order valence-electron chi connectivity index (χ2n) is 7.48. The summed E-state index contributed by atoms with van der Waals surface area (Å²) in [6, 6.07) is 0. The molecule has 1 N–H and O–H groups in total. The van der Waals surface area contributed by atoms with Crippen LogP contribution in [0.15, 0.2) is 12.2 Å². The first-order valence-corrected chi connectivity index (χ1v) is 7.54. The van der Waals surface area contributed by atoms with Crippen molar-refractivity contribution < 1.29 is 14.6 Å². The van der Waals surface area contributed by atoms with Gasteiger partial charge < -0.3 is 9.84 Å². The Morgan fingerprint density at radius 3 is 2.79 bits per heavy atom. The first-order chi connectivity index (χ1) is 8.96. The lowest BCUT2D eigenvalue weighted by atomic mass is 9.54. The first-order valence-electron chi connectivity index (χ1n) is 7.54. The smallest absolute Gasteiger partial charge is 0.312 e. The van der Waals surface area contributed by atoms with Gasteiger partial charge >= 0.3 is 5.97 Å². The number of fused-ring (bicyclic) bond motifs is 3. The van der Waals surface area contributed by atoms with E-state index in [1.165, 1.54) is 0 Å². The summed E-state index contributed by atoms with van der Waals surface area (Å²) in [4.78, 5) is 12.1. The number of hydrogen-bond donors (Lipinski definition) is 1. The first kappa shape index (κ1) is 12.0. The van der Waals surface area contributed by atoms with E-state index in [4.69, 9.17) is 4.74 Å². The molecular weight excluding hydrogens is 240 g/mol. The zero-order valence-corrected chi connectivity index (χ0v) is 11.5. The summed E-state index contributed by atoms with van der Waals surface area (Å²) >= 11 is 0. The van der Waals surface area contributed by atoms with E-state index in [-0.39, 0.29) is 29.0 Å². The molecular formula is C16H22O3. The maximum absolute atomic E-state index is 12.1. The minimum absolute atomic E-state index is 0.0518. The zero-order chi connectivity index (χ0) is 13.4. The van der Waals surface area contributed by atoms with Gasteiger partial charge in [0.25, 0.3) is 0 Å². The highest BCUT2D eigenvalue weighted by Gasteiger charge is 2.68. The van der Waals surface area contributed by atoms with Crippen LogP contribution in [0.2, 0.25) is 0 Å². The van der Waals surface area contributed by atoms with Crippen molar-refractivity contribution in [2.45, 2.75) is 57.7 Å². The molecule has 1 heterocycles. The van der Waals surface area contributed by atoms with Crippen molar-refractivity contribution in [2.75, 3.05) is 0 Å². The molecule has 1 spiro atoms. The Morgan fingerprint density at radius 1 is 1.37 bits per heavy atom. The minimum atomic E-state index is -0.345. The topological polar surface area (TPSA) is 46.5 Å². The Labute approximate surface area is 114 Å². The molecule has 3 aliphatic carbocycles. The van der Waals surface area contributed by atoms with Crippen molar-refractivity contribution in [3.63, 3.8) is 0 Å². The Kier molecular flexibility index (Phi) is 2.16. The molecule has 0 amide bonds. The molecule has 0 radical (unpaired) electrons. The second kappa shape index (κ2) is 3.43. The second-order valence-corrected chi connectivity index (χ2v) is 7.48. The summed E-state index contributed by atoms with van der Waals surface area (Å²) in [7, 11) is 0. The molecule has 3 nitrogen and oxygen atoms in total. The Balaban J connectivity index is 1.68. The monoisotopic (exact) mass is 262 g/mol. The van der Waals surface area contributed by atoms with Crippen LogP contribution < -0.4 is 0 Å². The van der Waals surface area contributed by atoms with E-state index < -0.39 is 0 Å². The van der Waals surface area contributed by atoms with Gasteiger partial charge in [0, 0.05) is 5.92 Å². The molecule has 3 heteroatoms. The van der Waals surface area contributed by atoms with Gasteiger partial charge in [0.1, 0.15) is 6.10 Å². The van der Waals surface area contributed by atoms with Crippen molar-refractivity contribution in [3.05, 3.63) is 12.2 Å². The SMILES string of the molecule is C=C1C2CC3C(C[C@@]2(C)CC[C@H]1O)OC(=O)C31CC1. The van der Waals surface area contributed by atoms with Crippen LogP contribution >= 0.6 is 0 Å². The third-order valence-corrected chi connectivity index (χ3v) is 6.48. The van der Waals surface area contributed by atoms with Crippen molar-refractivity contribution >= 4 is 5.97 Å². The van der Waals surface area contributed by atoms with E-state index in [0.717, 1.165) is 44.1 Å². The number of esters is 1. The number of ether oxygens (including phenoxy) is 1. The van der Waals surface area contributed by atoms with E-state index in [1.54, 1.807) is 0 Å². The van der Waals surface area contributed by atoms with E-state index in [1.807, 2.05) is 0 Å². The van der Waals surface area contributed by atoms with Gasteiger partial charge in [-0.3, -0.25) is 4.79 Å². The van der Waals surface area contributed by atoms with Gasteiger partial charge in [-0.15, -0.1) is 0 Å². The summed E-state index contributed by atoms with van der Waals surface area (Å²) in [5.74, 6) is 0.792. The van der Waals surface area contributed by atoms with Crippen LogP contribution in [0, 0.1) is 22.7 Å². The molecule has 4 aliphatic rings. The largest absolute Gasteiger partial charge is 0.462 e. The standard InChI is InChI=1S/C16H22O3/c1-9-10-7-11-13(19-14(18)16(11)5-6-16)8-15(10,2)4-3-12(9)17/h10-13,17H,1,3-8H2,2H3/t10?,11?,12-,13?,15-/m1/s1. The van der Waals surface area contributed by atoms with Gasteiger partial charge in [0.15, 0.2) is 0 Å². The predicted octanol–water partition coefficient (Wildman–Crippen LogP) is 2.44. The molecule has 104 valence electrons. The molecule has 4 rings (SSSR count). The maximum atomic E-state index is 12.1. The van der Waals surface area contributed by atoms with Crippen LogP contribution in [-0.4, -0.2) is 23.3 Å².